The Morgan fingerprint density at radius 3 is 2.68 bits per heavy atom. The van der Waals surface area contributed by atoms with Crippen LogP contribution in [0.2, 0.25) is 0 Å². The maximum absolute atomic E-state index is 4.74. The van der Waals surface area contributed by atoms with Gasteiger partial charge in [-0.25, -0.2) is 9.97 Å². The molecule has 1 atom stereocenters. The average molecular weight is 328 g/mol. The number of anilines is 1. The van der Waals surface area contributed by atoms with Crippen LogP contribution in [0.3, 0.4) is 0 Å². The van der Waals surface area contributed by atoms with Crippen molar-refractivity contribution in [2.24, 2.45) is 0 Å². The van der Waals surface area contributed by atoms with Crippen LogP contribution in [0.5, 0.6) is 0 Å². The van der Waals surface area contributed by atoms with Crippen molar-refractivity contribution in [1.29, 1.82) is 0 Å². The zero-order valence-electron chi connectivity index (χ0n) is 12.1. The molecule has 0 aliphatic carbocycles. The molecule has 0 bridgehead atoms. The summed E-state index contributed by atoms with van der Waals surface area (Å²) in [5, 5.41) is 3.15. The Morgan fingerprint density at radius 1 is 1.32 bits per heavy atom. The minimum atomic E-state index is 0.268. The van der Waals surface area contributed by atoms with Gasteiger partial charge in [0.25, 0.3) is 0 Å². The summed E-state index contributed by atoms with van der Waals surface area (Å²) in [6.45, 7) is 5.25. The van der Waals surface area contributed by atoms with Crippen molar-refractivity contribution in [3.05, 3.63) is 16.0 Å². The number of rotatable bonds is 3. The maximum atomic E-state index is 4.74. The first-order chi connectivity index (χ1) is 9.06. The predicted octanol–water partition coefficient (Wildman–Crippen LogP) is 1.76. The van der Waals surface area contributed by atoms with Crippen LogP contribution in [0.4, 0.5) is 5.82 Å². The molecule has 0 saturated carbocycles. The highest BCUT2D eigenvalue weighted by molar-refractivity contribution is 9.10. The molecule has 1 aliphatic rings. The number of aryl methyl sites for hydroxylation is 1. The van der Waals surface area contributed by atoms with Crippen molar-refractivity contribution >= 4 is 21.7 Å². The standard InChI is InChI=1S/C13H22BrN5/c1-5-9-11(14)13(15-2)17-12(16-9)10-8-18(3)6-7-19(10)4/h10H,5-8H2,1-4H3,(H,15,16,17). The fourth-order valence-electron chi connectivity index (χ4n) is 2.35. The molecular weight excluding hydrogens is 306 g/mol. The lowest BCUT2D eigenvalue weighted by Gasteiger charge is -2.36. The van der Waals surface area contributed by atoms with E-state index >= 15 is 0 Å². The van der Waals surface area contributed by atoms with E-state index in [0.29, 0.717) is 0 Å². The van der Waals surface area contributed by atoms with Gasteiger partial charge in [-0.05, 0) is 36.4 Å². The molecule has 0 spiro atoms. The summed E-state index contributed by atoms with van der Waals surface area (Å²) < 4.78 is 0.980. The molecular formula is C13H22BrN5. The Kier molecular flexibility index (Phi) is 4.76. The van der Waals surface area contributed by atoms with E-state index in [2.05, 4.69) is 57.0 Å². The van der Waals surface area contributed by atoms with Gasteiger partial charge in [0, 0.05) is 26.7 Å². The third-order valence-corrected chi connectivity index (χ3v) is 4.49. The van der Waals surface area contributed by atoms with E-state index in [1.165, 1.54) is 0 Å². The monoisotopic (exact) mass is 327 g/mol. The zero-order valence-corrected chi connectivity index (χ0v) is 13.7. The number of halogens is 1. The molecule has 2 heterocycles. The first kappa shape index (κ1) is 14.7. The topological polar surface area (TPSA) is 44.3 Å². The van der Waals surface area contributed by atoms with Crippen LogP contribution in [0, 0.1) is 0 Å². The summed E-state index contributed by atoms with van der Waals surface area (Å²) in [5.41, 5.74) is 1.07. The second-order valence-electron chi connectivity index (χ2n) is 5.05. The molecule has 19 heavy (non-hydrogen) atoms. The number of nitrogens with zero attached hydrogens (tertiary/aromatic N) is 4. The quantitative estimate of drug-likeness (QED) is 0.916. The van der Waals surface area contributed by atoms with E-state index < -0.39 is 0 Å². The fraction of sp³-hybridized carbons (Fsp3) is 0.692. The van der Waals surface area contributed by atoms with Crippen LogP contribution in [0.25, 0.3) is 0 Å². The van der Waals surface area contributed by atoms with Crippen molar-refractivity contribution in [3.63, 3.8) is 0 Å². The highest BCUT2D eigenvalue weighted by Crippen LogP contribution is 2.28. The Balaban J connectivity index is 2.38. The molecule has 5 nitrogen and oxygen atoms in total. The molecule has 1 saturated heterocycles. The van der Waals surface area contributed by atoms with Crippen LogP contribution in [-0.2, 0) is 6.42 Å². The van der Waals surface area contributed by atoms with Crippen LogP contribution < -0.4 is 5.32 Å². The van der Waals surface area contributed by atoms with Gasteiger partial charge < -0.3 is 10.2 Å². The minimum Gasteiger partial charge on any atom is -0.372 e. The molecule has 1 unspecified atom stereocenters. The minimum absolute atomic E-state index is 0.268. The second kappa shape index (κ2) is 6.15. The first-order valence-electron chi connectivity index (χ1n) is 6.69. The van der Waals surface area contributed by atoms with Gasteiger partial charge in [-0.15, -0.1) is 0 Å². The number of piperazine rings is 1. The van der Waals surface area contributed by atoms with Gasteiger partial charge in [0.1, 0.15) is 11.6 Å². The maximum Gasteiger partial charge on any atom is 0.149 e. The summed E-state index contributed by atoms with van der Waals surface area (Å²) in [7, 11) is 6.19. The van der Waals surface area contributed by atoms with Crippen LogP contribution in [0.15, 0.2) is 4.47 Å². The van der Waals surface area contributed by atoms with Gasteiger partial charge >= 0.3 is 0 Å². The number of likely N-dealkylation sites (N-methyl/N-ethyl adjacent to an activating group) is 2. The van der Waals surface area contributed by atoms with Gasteiger partial charge in [-0.2, -0.15) is 0 Å². The summed E-state index contributed by atoms with van der Waals surface area (Å²) >= 11 is 3.58. The lowest BCUT2D eigenvalue weighted by molar-refractivity contribution is 0.109. The third kappa shape index (κ3) is 3.07. The van der Waals surface area contributed by atoms with Gasteiger partial charge in [-0.3, -0.25) is 4.90 Å². The van der Waals surface area contributed by atoms with Gasteiger partial charge in [0.05, 0.1) is 16.2 Å². The molecule has 1 aliphatic heterocycles. The molecule has 0 amide bonds. The molecule has 1 N–H and O–H groups in total. The first-order valence-corrected chi connectivity index (χ1v) is 7.49. The molecule has 0 radical (unpaired) electrons. The number of hydrogen-bond acceptors (Lipinski definition) is 5. The Labute approximate surface area is 123 Å². The third-order valence-electron chi connectivity index (χ3n) is 3.66. The molecule has 1 aromatic rings. The van der Waals surface area contributed by atoms with Crippen molar-refractivity contribution < 1.29 is 0 Å². The van der Waals surface area contributed by atoms with Crippen LogP contribution >= 0.6 is 15.9 Å². The molecule has 6 heteroatoms. The van der Waals surface area contributed by atoms with Crippen molar-refractivity contribution in [2.75, 3.05) is 46.1 Å². The molecule has 2 rings (SSSR count). The highest BCUT2D eigenvalue weighted by Gasteiger charge is 2.27. The largest absolute Gasteiger partial charge is 0.372 e. The fourth-order valence-corrected chi connectivity index (χ4v) is 3.01. The van der Waals surface area contributed by atoms with Crippen LogP contribution in [-0.4, -0.2) is 60.5 Å². The summed E-state index contributed by atoms with van der Waals surface area (Å²) in [6.07, 6.45) is 0.900. The summed E-state index contributed by atoms with van der Waals surface area (Å²) in [6, 6.07) is 0.268. The van der Waals surface area contributed by atoms with E-state index in [0.717, 1.165) is 47.9 Å². The van der Waals surface area contributed by atoms with Crippen molar-refractivity contribution in [2.45, 2.75) is 19.4 Å². The number of aromatic nitrogens is 2. The van der Waals surface area contributed by atoms with Crippen molar-refractivity contribution in [1.82, 2.24) is 19.8 Å². The summed E-state index contributed by atoms with van der Waals surface area (Å²) in [4.78, 5) is 14.1. The number of hydrogen-bond donors (Lipinski definition) is 1. The van der Waals surface area contributed by atoms with E-state index in [4.69, 9.17) is 4.98 Å². The van der Waals surface area contributed by atoms with Gasteiger partial charge in [-0.1, -0.05) is 6.92 Å². The number of nitrogens with one attached hydrogen (secondary N) is 1. The van der Waals surface area contributed by atoms with E-state index in [-0.39, 0.29) is 6.04 Å². The van der Waals surface area contributed by atoms with E-state index in [1.54, 1.807) is 0 Å². The van der Waals surface area contributed by atoms with Gasteiger partial charge in [0.15, 0.2) is 0 Å². The second-order valence-corrected chi connectivity index (χ2v) is 5.85. The molecule has 1 aromatic heterocycles. The highest BCUT2D eigenvalue weighted by atomic mass is 79.9. The molecule has 0 aromatic carbocycles. The van der Waals surface area contributed by atoms with E-state index in [1.807, 2.05) is 7.05 Å². The lowest BCUT2D eigenvalue weighted by atomic mass is 10.1. The SMILES string of the molecule is CCc1nc(C2CN(C)CCN2C)nc(NC)c1Br. The van der Waals surface area contributed by atoms with Crippen molar-refractivity contribution in [3.8, 4) is 0 Å². The zero-order chi connectivity index (χ0) is 14.0. The molecule has 106 valence electrons. The lowest BCUT2D eigenvalue weighted by Crippen LogP contribution is -2.45. The smallest absolute Gasteiger partial charge is 0.149 e. The van der Waals surface area contributed by atoms with E-state index in [9.17, 15) is 0 Å². The van der Waals surface area contributed by atoms with Crippen LogP contribution in [0.1, 0.15) is 24.5 Å². The normalized spacial score (nSPS) is 21.6. The Hall–Kier alpha value is -0.720. The average Bonchev–Trinajstić information content (AvgIpc) is 2.42. The Bertz CT molecular complexity index is 426. The molecule has 1 fully saturated rings. The Morgan fingerprint density at radius 2 is 2.05 bits per heavy atom. The predicted molar refractivity (Wildman–Crippen MR) is 81.5 cm³/mol. The van der Waals surface area contributed by atoms with Gasteiger partial charge in [0.2, 0.25) is 0 Å². The summed E-state index contributed by atoms with van der Waals surface area (Å²) in [5.74, 6) is 1.79.